The number of nitrogens with one attached hydrogen (secondary N) is 2. The van der Waals surface area contributed by atoms with Crippen LogP contribution in [0.1, 0.15) is 6.92 Å². The Hall–Kier alpha value is -3.04. The summed E-state index contributed by atoms with van der Waals surface area (Å²) in [6.07, 6.45) is 0. The maximum absolute atomic E-state index is 12.6. The molecule has 0 saturated carbocycles. The molecule has 2 N–H and O–H groups in total. The number of para-hydroxylation sites is 1. The predicted octanol–water partition coefficient (Wildman–Crippen LogP) is 2.87. The maximum atomic E-state index is 12.6. The van der Waals surface area contributed by atoms with Gasteiger partial charge in [0.05, 0.1) is 12.6 Å². The number of carbonyl (C=O) groups is 2. The van der Waals surface area contributed by atoms with Gasteiger partial charge in [0, 0.05) is 37.6 Å². The maximum Gasteiger partial charge on any atom is 0.387 e. The molecule has 0 aromatic heterocycles. The van der Waals surface area contributed by atoms with Gasteiger partial charge in [-0.15, -0.1) is 0 Å². The fourth-order valence-electron chi connectivity index (χ4n) is 3.37. The Bertz CT molecular complexity index is 857. The van der Waals surface area contributed by atoms with Gasteiger partial charge in [0.25, 0.3) is 0 Å². The number of anilines is 2. The summed E-state index contributed by atoms with van der Waals surface area (Å²) in [5.74, 6) is -0.212. The first-order valence-electron chi connectivity index (χ1n) is 10.1. The molecule has 3 rings (SSSR count). The molecular formula is C22H26F2N4O3. The second-order valence-electron chi connectivity index (χ2n) is 7.29. The molecule has 7 nitrogen and oxygen atoms in total. The highest BCUT2D eigenvalue weighted by atomic mass is 19.3. The van der Waals surface area contributed by atoms with Crippen LogP contribution in [0.15, 0.2) is 54.6 Å². The number of rotatable bonds is 8. The van der Waals surface area contributed by atoms with E-state index in [0.29, 0.717) is 38.4 Å². The van der Waals surface area contributed by atoms with Crippen molar-refractivity contribution in [3.63, 3.8) is 0 Å². The van der Waals surface area contributed by atoms with Crippen LogP contribution in [-0.4, -0.2) is 67.0 Å². The smallest absolute Gasteiger partial charge is 0.387 e. The number of hydrogen-bond acceptors (Lipinski definition) is 5. The van der Waals surface area contributed by atoms with Gasteiger partial charge in [-0.1, -0.05) is 18.2 Å². The second kappa shape index (κ2) is 10.8. The molecule has 1 fully saturated rings. The third kappa shape index (κ3) is 7.01. The Labute approximate surface area is 180 Å². The minimum Gasteiger partial charge on any atom is -0.435 e. The van der Waals surface area contributed by atoms with Crippen molar-refractivity contribution in [2.24, 2.45) is 0 Å². The number of ether oxygens (including phenoxy) is 1. The summed E-state index contributed by atoms with van der Waals surface area (Å²) in [6.45, 7) is 1.92. The topological polar surface area (TPSA) is 73.9 Å². The number of piperazine rings is 1. The van der Waals surface area contributed by atoms with Crippen molar-refractivity contribution in [1.29, 1.82) is 0 Å². The molecule has 0 spiro atoms. The molecule has 1 heterocycles. The summed E-state index contributed by atoms with van der Waals surface area (Å²) in [7, 11) is 0. The minimum atomic E-state index is -2.89. The van der Waals surface area contributed by atoms with E-state index in [1.54, 1.807) is 0 Å². The Morgan fingerprint density at radius 1 is 0.935 bits per heavy atom. The monoisotopic (exact) mass is 432 g/mol. The minimum absolute atomic E-state index is 0.0356. The number of amides is 2. The molecule has 1 aliphatic rings. The van der Waals surface area contributed by atoms with Gasteiger partial charge < -0.3 is 15.4 Å². The summed E-state index contributed by atoms with van der Waals surface area (Å²) in [6, 6.07) is 14.7. The van der Waals surface area contributed by atoms with Gasteiger partial charge in [-0.25, -0.2) is 0 Å². The van der Waals surface area contributed by atoms with E-state index >= 15 is 0 Å². The molecule has 0 aliphatic carbocycles. The molecule has 2 aromatic rings. The fourth-order valence-corrected chi connectivity index (χ4v) is 3.37. The number of halogens is 2. The van der Waals surface area contributed by atoms with Crippen LogP contribution in [0.5, 0.6) is 5.75 Å². The van der Waals surface area contributed by atoms with Crippen molar-refractivity contribution < 1.29 is 23.1 Å². The van der Waals surface area contributed by atoms with Crippen LogP contribution in [0.2, 0.25) is 0 Å². The SMILES string of the molecule is CC(C(=O)Nc1ccc(OC(F)F)cc1)N1CCN(CC(=O)Nc2ccccc2)CC1. The van der Waals surface area contributed by atoms with Crippen molar-refractivity contribution >= 4 is 23.2 Å². The zero-order valence-corrected chi connectivity index (χ0v) is 17.3. The summed E-state index contributed by atoms with van der Waals surface area (Å²) in [5.41, 5.74) is 1.28. The highest BCUT2D eigenvalue weighted by Gasteiger charge is 2.26. The van der Waals surface area contributed by atoms with Gasteiger partial charge in [-0.3, -0.25) is 19.4 Å². The van der Waals surface area contributed by atoms with Gasteiger partial charge in [-0.2, -0.15) is 8.78 Å². The third-order valence-corrected chi connectivity index (χ3v) is 5.11. The van der Waals surface area contributed by atoms with Crippen molar-refractivity contribution in [2.75, 3.05) is 43.4 Å². The van der Waals surface area contributed by atoms with E-state index in [1.165, 1.54) is 24.3 Å². The van der Waals surface area contributed by atoms with Crippen molar-refractivity contribution in [1.82, 2.24) is 9.80 Å². The largest absolute Gasteiger partial charge is 0.435 e. The molecule has 1 aliphatic heterocycles. The van der Waals surface area contributed by atoms with Crippen molar-refractivity contribution in [2.45, 2.75) is 19.6 Å². The summed E-state index contributed by atoms with van der Waals surface area (Å²) in [5, 5.41) is 5.66. The predicted molar refractivity (Wildman–Crippen MR) is 114 cm³/mol. The van der Waals surface area contributed by atoms with E-state index in [0.717, 1.165) is 5.69 Å². The van der Waals surface area contributed by atoms with Gasteiger partial charge >= 0.3 is 6.61 Å². The number of benzene rings is 2. The van der Waals surface area contributed by atoms with Gasteiger partial charge in [0.15, 0.2) is 0 Å². The van der Waals surface area contributed by atoms with Gasteiger partial charge in [0.2, 0.25) is 11.8 Å². The Morgan fingerprint density at radius 2 is 1.55 bits per heavy atom. The number of alkyl halides is 2. The Balaban J connectivity index is 1.42. The highest BCUT2D eigenvalue weighted by molar-refractivity contribution is 5.94. The summed E-state index contributed by atoms with van der Waals surface area (Å²) < 4.78 is 28.7. The first-order chi connectivity index (χ1) is 14.9. The normalized spacial score (nSPS) is 16.0. The summed E-state index contributed by atoms with van der Waals surface area (Å²) in [4.78, 5) is 28.9. The lowest BCUT2D eigenvalue weighted by atomic mass is 10.2. The van der Waals surface area contributed by atoms with E-state index in [-0.39, 0.29) is 23.6 Å². The molecular weight excluding hydrogens is 406 g/mol. The molecule has 2 aromatic carbocycles. The Morgan fingerprint density at radius 3 is 2.16 bits per heavy atom. The van der Waals surface area contributed by atoms with E-state index in [1.807, 2.05) is 37.3 Å². The van der Waals surface area contributed by atoms with Crippen LogP contribution < -0.4 is 15.4 Å². The number of nitrogens with zero attached hydrogens (tertiary/aromatic N) is 2. The van der Waals surface area contributed by atoms with Crippen LogP contribution in [0.4, 0.5) is 20.2 Å². The number of hydrogen-bond donors (Lipinski definition) is 2. The molecule has 31 heavy (non-hydrogen) atoms. The first-order valence-corrected chi connectivity index (χ1v) is 10.1. The van der Waals surface area contributed by atoms with Crippen molar-refractivity contribution in [3.8, 4) is 5.75 Å². The molecule has 2 amide bonds. The lowest BCUT2D eigenvalue weighted by molar-refractivity contribution is -0.122. The standard InChI is InChI=1S/C22H26F2N4O3/c1-16(21(30)26-18-7-9-19(10-8-18)31-22(23)24)28-13-11-27(12-14-28)15-20(29)25-17-5-3-2-4-6-17/h2-10,16,22H,11-15H2,1H3,(H,25,29)(H,26,30). The van der Waals surface area contributed by atoms with Crippen LogP contribution in [-0.2, 0) is 9.59 Å². The van der Waals surface area contributed by atoms with Crippen LogP contribution >= 0.6 is 0 Å². The Kier molecular flexibility index (Phi) is 7.91. The lowest BCUT2D eigenvalue weighted by Gasteiger charge is -2.37. The molecule has 0 bridgehead atoms. The number of carbonyl (C=O) groups excluding carboxylic acids is 2. The van der Waals surface area contributed by atoms with Crippen LogP contribution in [0.25, 0.3) is 0 Å². The molecule has 0 radical (unpaired) electrons. The van der Waals surface area contributed by atoms with Crippen LogP contribution in [0.3, 0.4) is 0 Å². The molecule has 1 unspecified atom stereocenters. The molecule has 166 valence electrons. The first kappa shape index (κ1) is 22.6. The molecule has 1 saturated heterocycles. The zero-order valence-electron chi connectivity index (χ0n) is 17.3. The average Bonchev–Trinajstić information content (AvgIpc) is 2.75. The third-order valence-electron chi connectivity index (χ3n) is 5.11. The van der Waals surface area contributed by atoms with Crippen molar-refractivity contribution in [3.05, 3.63) is 54.6 Å². The zero-order chi connectivity index (χ0) is 22.2. The summed E-state index contributed by atoms with van der Waals surface area (Å²) >= 11 is 0. The highest BCUT2D eigenvalue weighted by Crippen LogP contribution is 2.18. The van der Waals surface area contributed by atoms with E-state index in [2.05, 4.69) is 25.2 Å². The lowest BCUT2D eigenvalue weighted by Crippen LogP contribution is -2.53. The van der Waals surface area contributed by atoms with E-state index in [9.17, 15) is 18.4 Å². The van der Waals surface area contributed by atoms with Crippen LogP contribution in [0, 0.1) is 0 Å². The van der Waals surface area contributed by atoms with E-state index < -0.39 is 6.61 Å². The average molecular weight is 432 g/mol. The second-order valence-corrected chi connectivity index (χ2v) is 7.29. The van der Waals surface area contributed by atoms with E-state index in [4.69, 9.17) is 0 Å². The van der Waals surface area contributed by atoms with Gasteiger partial charge in [0.1, 0.15) is 5.75 Å². The molecule has 1 atom stereocenters. The molecule has 9 heteroatoms. The fraction of sp³-hybridized carbons (Fsp3) is 0.364. The van der Waals surface area contributed by atoms with Gasteiger partial charge in [-0.05, 0) is 43.3 Å². The quantitative estimate of drug-likeness (QED) is 0.671.